The van der Waals surface area contributed by atoms with E-state index in [2.05, 4.69) is 10.0 Å². The molecule has 0 unspecified atom stereocenters. The van der Waals surface area contributed by atoms with Crippen molar-refractivity contribution in [3.8, 4) is 0 Å². The Morgan fingerprint density at radius 1 is 1.22 bits per heavy atom. The van der Waals surface area contributed by atoms with Crippen LogP contribution in [0.15, 0.2) is 47.4 Å². The van der Waals surface area contributed by atoms with Gasteiger partial charge in [0.1, 0.15) is 10.7 Å². The molecule has 27 heavy (non-hydrogen) atoms. The minimum Gasteiger partial charge on any atom is -0.350 e. The van der Waals surface area contributed by atoms with Crippen LogP contribution in [0.5, 0.6) is 0 Å². The molecule has 0 fully saturated rings. The minimum absolute atomic E-state index is 0.0202. The number of carbonyl (C=O) groups is 1. The van der Waals surface area contributed by atoms with Gasteiger partial charge >= 0.3 is 0 Å². The normalized spacial score (nSPS) is 12.8. The number of halogens is 2. The quantitative estimate of drug-likeness (QED) is 0.730. The summed E-state index contributed by atoms with van der Waals surface area (Å²) in [6.07, 6.45) is 0. The van der Waals surface area contributed by atoms with E-state index in [9.17, 15) is 17.6 Å². The zero-order chi connectivity index (χ0) is 20.2. The number of nitrogens with one attached hydrogen (secondary N) is 2. The summed E-state index contributed by atoms with van der Waals surface area (Å²) < 4.78 is 39.7. The van der Waals surface area contributed by atoms with Gasteiger partial charge in [-0.1, -0.05) is 23.7 Å². The van der Waals surface area contributed by atoms with Crippen molar-refractivity contribution in [2.75, 3.05) is 27.7 Å². The third-order valence-electron chi connectivity index (χ3n) is 4.06. The molecule has 0 aromatic heterocycles. The van der Waals surface area contributed by atoms with Crippen molar-refractivity contribution >= 4 is 27.5 Å². The van der Waals surface area contributed by atoms with E-state index in [1.54, 1.807) is 12.1 Å². The lowest BCUT2D eigenvalue weighted by Gasteiger charge is -2.25. The number of hydrogen-bond acceptors (Lipinski definition) is 4. The maximum absolute atomic E-state index is 13.5. The average molecular weight is 414 g/mol. The smallest absolute Gasteiger partial charge is 0.251 e. The molecule has 0 aliphatic rings. The van der Waals surface area contributed by atoms with Gasteiger partial charge in [0.05, 0.1) is 11.1 Å². The monoisotopic (exact) mass is 413 g/mol. The van der Waals surface area contributed by atoms with E-state index >= 15 is 0 Å². The van der Waals surface area contributed by atoms with Crippen molar-refractivity contribution in [1.29, 1.82) is 0 Å². The Morgan fingerprint density at radius 2 is 1.93 bits per heavy atom. The molecule has 2 aromatic rings. The van der Waals surface area contributed by atoms with E-state index in [0.29, 0.717) is 0 Å². The van der Waals surface area contributed by atoms with Crippen molar-refractivity contribution in [3.05, 3.63) is 64.4 Å². The number of benzene rings is 2. The van der Waals surface area contributed by atoms with E-state index in [0.717, 1.165) is 5.56 Å². The largest absolute Gasteiger partial charge is 0.350 e. The van der Waals surface area contributed by atoms with E-state index in [-0.39, 0.29) is 33.9 Å². The first-order chi connectivity index (χ1) is 12.7. The summed E-state index contributed by atoms with van der Waals surface area (Å²) in [5.41, 5.74) is 0.875. The zero-order valence-corrected chi connectivity index (χ0v) is 16.7. The topological polar surface area (TPSA) is 78.5 Å². The summed E-state index contributed by atoms with van der Waals surface area (Å²) >= 11 is 5.94. The molecule has 0 aliphatic heterocycles. The Morgan fingerprint density at radius 3 is 2.52 bits per heavy atom. The number of amides is 1. The van der Waals surface area contributed by atoms with Gasteiger partial charge in [0, 0.05) is 12.1 Å². The van der Waals surface area contributed by atoms with Crippen molar-refractivity contribution in [2.24, 2.45) is 0 Å². The van der Waals surface area contributed by atoms with Crippen LogP contribution in [0.3, 0.4) is 0 Å². The molecule has 1 amide bonds. The summed E-state index contributed by atoms with van der Waals surface area (Å²) in [5.74, 6) is -0.812. The van der Waals surface area contributed by atoms with Crippen molar-refractivity contribution < 1.29 is 17.6 Å². The van der Waals surface area contributed by atoms with Crippen LogP contribution in [-0.2, 0) is 10.0 Å². The predicted molar refractivity (Wildman–Crippen MR) is 103 cm³/mol. The lowest BCUT2D eigenvalue weighted by atomic mass is 10.1. The zero-order valence-electron chi connectivity index (χ0n) is 15.2. The summed E-state index contributed by atoms with van der Waals surface area (Å²) in [6.45, 7) is 0.214. The van der Waals surface area contributed by atoms with E-state index < -0.39 is 15.9 Å². The van der Waals surface area contributed by atoms with Gasteiger partial charge in [0.25, 0.3) is 5.91 Å². The minimum atomic E-state index is -3.79. The molecule has 0 saturated heterocycles. The van der Waals surface area contributed by atoms with Crippen LogP contribution in [0.2, 0.25) is 5.02 Å². The fourth-order valence-corrected chi connectivity index (χ4v) is 3.81. The van der Waals surface area contributed by atoms with Crippen LogP contribution in [0.25, 0.3) is 0 Å². The van der Waals surface area contributed by atoms with Gasteiger partial charge in [0.15, 0.2) is 0 Å². The number of sulfonamides is 1. The Kier molecular flexibility index (Phi) is 6.94. The first kappa shape index (κ1) is 21.3. The molecule has 1 atom stereocenters. The highest BCUT2D eigenvalue weighted by Crippen LogP contribution is 2.23. The second-order valence-electron chi connectivity index (χ2n) is 6.10. The first-order valence-corrected chi connectivity index (χ1v) is 9.95. The highest BCUT2D eigenvalue weighted by Gasteiger charge is 2.20. The van der Waals surface area contributed by atoms with Gasteiger partial charge in [-0.05, 0) is 57.0 Å². The molecule has 9 heteroatoms. The van der Waals surface area contributed by atoms with E-state index in [1.165, 1.54) is 37.4 Å². The second-order valence-corrected chi connectivity index (χ2v) is 8.36. The lowest BCUT2D eigenvalue weighted by molar-refractivity contribution is 0.0941. The Balaban J connectivity index is 2.20. The van der Waals surface area contributed by atoms with Gasteiger partial charge in [-0.15, -0.1) is 0 Å². The fraction of sp³-hybridized carbons (Fsp3) is 0.278. The third kappa shape index (κ3) is 5.26. The summed E-state index contributed by atoms with van der Waals surface area (Å²) in [4.78, 5) is 14.2. The highest BCUT2D eigenvalue weighted by atomic mass is 35.5. The number of nitrogens with zero attached hydrogens (tertiary/aromatic N) is 1. The number of rotatable bonds is 7. The molecule has 0 heterocycles. The van der Waals surface area contributed by atoms with E-state index in [1.807, 2.05) is 19.0 Å². The molecule has 0 saturated carbocycles. The molecular formula is C18H21ClFN3O3S. The van der Waals surface area contributed by atoms with Gasteiger partial charge in [0.2, 0.25) is 10.0 Å². The first-order valence-electron chi connectivity index (χ1n) is 8.09. The number of hydrogen-bond donors (Lipinski definition) is 2. The highest BCUT2D eigenvalue weighted by molar-refractivity contribution is 7.89. The summed E-state index contributed by atoms with van der Waals surface area (Å²) in [5, 5.41) is 2.77. The molecule has 0 aliphatic carbocycles. The molecular weight excluding hydrogens is 393 g/mol. The average Bonchev–Trinajstić information content (AvgIpc) is 2.61. The van der Waals surface area contributed by atoms with Crippen LogP contribution in [-0.4, -0.2) is 46.9 Å². The standard InChI is InChI=1S/C18H21ClFN3O3S/c1-21-27(25,26)17-10-13(7-8-15(17)19)18(24)22-11-16(23(2)3)12-5-4-6-14(20)9-12/h4-10,16,21H,11H2,1-3H3,(H,22,24)/t16-/m1/s1. The van der Waals surface area contributed by atoms with Crippen LogP contribution < -0.4 is 10.0 Å². The lowest BCUT2D eigenvalue weighted by Crippen LogP contribution is -2.34. The number of likely N-dealkylation sites (N-methyl/N-ethyl adjacent to an activating group) is 1. The molecule has 2 rings (SSSR count). The van der Waals surface area contributed by atoms with Crippen LogP contribution in [0, 0.1) is 5.82 Å². The number of carbonyl (C=O) groups excluding carboxylic acids is 1. The maximum atomic E-state index is 13.5. The maximum Gasteiger partial charge on any atom is 0.251 e. The Bertz CT molecular complexity index is 935. The van der Waals surface area contributed by atoms with Crippen molar-refractivity contribution in [3.63, 3.8) is 0 Å². The molecule has 0 spiro atoms. The van der Waals surface area contributed by atoms with Crippen molar-refractivity contribution in [1.82, 2.24) is 14.9 Å². The molecule has 146 valence electrons. The van der Waals surface area contributed by atoms with Crippen molar-refractivity contribution in [2.45, 2.75) is 10.9 Å². The van der Waals surface area contributed by atoms with Gasteiger partial charge in [-0.25, -0.2) is 17.5 Å². The van der Waals surface area contributed by atoms with Gasteiger partial charge in [-0.3, -0.25) is 4.79 Å². The predicted octanol–water partition coefficient (Wildman–Crippen LogP) is 2.42. The SMILES string of the molecule is CNS(=O)(=O)c1cc(C(=O)NC[C@H](c2cccc(F)c2)N(C)C)ccc1Cl. The third-order valence-corrected chi connectivity index (χ3v) is 5.96. The summed E-state index contributed by atoms with van der Waals surface area (Å²) in [7, 11) is 1.12. The molecule has 0 radical (unpaired) electrons. The molecule has 2 N–H and O–H groups in total. The van der Waals surface area contributed by atoms with Crippen LogP contribution in [0.1, 0.15) is 22.0 Å². The van der Waals surface area contributed by atoms with E-state index in [4.69, 9.17) is 11.6 Å². The Labute approximate surface area is 163 Å². The van der Waals surface area contributed by atoms with Gasteiger partial charge in [-0.2, -0.15) is 0 Å². The van der Waals surface area contributed by atoms with Gasteiger partial charge < -0.3 is 10.2 Å². The molecule has 6 nitrogen and oxygen atoms in total. The van der Waals surface area contributed by atoms with Crippen LogP contribution in [0.4, 0.5) is 4.39 Å². The molecule has 0 bridgehead atoms. The second kappa shape index (κ2) is 8.79. The van der Waals surface area contributed by atoms with Crippen LogP contribution >= 0.6 is 11.6 Å². The Hall–Kier alpha value is -2.00. The molecule has 2 aromatic carbocycles. The fourth-order valence-electron chi connectivity index (χ4n) is 2.56. The summed E-state index contributed by atoms with van der Waals surface area (Å²) in [6, 6.07) is 9.92.